The quantitative estimate of drug-likeness (QED) is 0.739. The number of benzene rings is 1. The summed E-state index contributed by atoms with van der Waals surface area (Å²) in [5.74, 6) is -0.984. The van der Waals surface area contributed by atoms with E-state index in [1.54, 1.807) is 12.4 Å². The number of hydrogen-bond donors (Lipinski definition) is 2. The third-order valence-corrected chi connectivity index (χ3v) is 2.59. The molecule has 2 rings (SSSR count). The predicted molar refractivity (Wildman–Crippen MR) is 64.6 cm³/mol. The second-order valence-corrected chi connectivity index (χ2v) is 3.75. The number of hydrogen-bond acceptors (Lipinski definition) is 4. The first-order valence-corrected chi connectivity index (χ1v) is 5.60. The molecule has 1 heterocycles. The second-order valence-electron chi connectivity index (χ2n) is 3.75. The summed E-state index contributed by atoms with van der Waals surface area (Å²) in [7, 11) is 0. The van der Waals surface area contributed by atoms with Crippen LogP contribution >= 0.6 is 0 Å². The molecule has 0 atom stereocenters. The van der Waals surface area contributed by atoms with Crippen molar-refractivity contribution < 1.29 is 19.7 Å². The van der Waals surface area contributed by atoms with Gasteiger partial charge in [-0.1, -0.05) is 6.07 Å². The Kier molecular flexibility index (Phi) is 3.91. The highest BCUT2D eigenvalue weighted by Crippen LogP contribution is 2.17. The van der Waals surface area contributed by atoms with Crippen LogP contribution in [0.5, 0.6) is 0 Å². The molecule has 1 aromatic heterocycles. The number of fused-ring (bicyclic) bond motifs is 1. The van der Waals surface area contributed by atoms with E-state index in [4.69, 9.17) is 14.9 Å². The van der Waals surface area contributed by atoms with Crippen LogP contribution in [-0.2, 0) is 11.3 Å². The van der Waals surface area contributed by atoms with Gasteiger partial charge in [0, 0.05) is 6.54 Å². The molecule has 18 heavy (non-hydrogen) atoms. The monoisotopic (exact) mass is 250 g/mol. The Labute approximate surface area is 103 Å². The number of aromatic nitrogens is 2. The van der Waals surface area contributed by atoms with Crippen LogP contribution in [0, 0.1) is 0 Å². The Morgan fingerprint density at radius 1 is 1.39 bits per heavy atom. The van der Waals surface area contributed by atoms with Crippen LogP contribution in [0.4, 0.5) is 0 Å². The number of rotatable bonds is 6. The topological polar surface area (TPSA) is 84.6 Å². The van der Waals surface area contributed by atoms with Crippen LogP contribution in [0.1, 0.15) is 10.4 Å². The molecule has 0 unspecified atom stereocenters. The predicted octanol–water partition coefficient (Wildman–Crippen LogP) is 0.743. The van der Waals surface area contributed by atoms with E-state index >= 15 is 0 Å². The maximum absolute atomic E-state index is 11.0. The van der Waals surface area contributed by atoms with Crippen molar-refractivity contribution in [2.24, 2.45) is 0 Å². The first-order chi connectivity index (χ1) is 8.74. The molecule has 1 aromatic carbocycles. The molecule has 2 aromatic rings. The van der Waals surface area contributed by atoms with Gasteiger partial charge in [0.05, 0.1) is 37.2 Å². The van der Waals surface area contributed by atoms with Gasteiger partial charge in [0.15, 0.2) is 0 Å². The summed E-state index contributed by atoms with van der Waals surface area (Å²) in [6.45, 7) is 1.31. The number of aliphatic hydroxyl groups excluding tert-OH is 1. The number of nitrogens with zero attached hydrogens (tertiary/aromatic N) is 2. The zero-order valence-electron chi connectivity index (χ0n) is 9.74. The minimum absolute atomic E-state index is 0.00611. The van der Waals surface area contributed by atoms with Gasteiger partial charge in [-0.15, -0.1) is 0 Å². The van der Waals surface area contributed by atoms with Gasteiger partial charge < -0.3 is 19.5 Å². The lowest BCUT2D eigenvalue weighted by molar-refractivity contribution is 0.0699. The number of imidazole rings is 1. The Morgan fingerprint density at radius 3 is 2.94 bits per heavy atom. The number of carboxylic acid groups (broad SMARTS) is 1. The Morgan fingerprint density at radius 2 is 2.22 bits per heavy atom. The largest absolute Gasteiger partial charge is 0.478 e. The summed E-state index contributed by atoms with van der Waals surface area (Å²) in [6, 6.07) is 5.05. The minimum atomic E-state index is -0.984. The molecule has 0 radical (unpaired) electrons. The van der Waals surface area contributed by atoms with E-state index in [1.807, 2.05) is 10.6 Å². The lowest BCUT2D eigenvalue weighted by Crippen LogP contribution is -2.07. The van der Waals surface area contributed by atoms with Crippen molar-refractivity contribution in [3.8, 4) is 0 Å². The molecule has 6 nitrogen and oxygen atoms in total. The zero-order valence-corrected chi connectivity index (χ0v) is 9.74. The fourth-order valence-electron chi connectivity index (χ4n) is 1.77. The molecule has 0 aliphatic rings. The fraction of sp³-hybridized carbons (Fsp3) is 0.333. The van der Waals surface area contributed by atoms with Gasteiger partial charge in [0.1, 0.15) is 5.52 Å². The molecule has 0 saturated carbocycles. The van der Waals surface area contributed by atoms with Crippen molar-refractivity contribution in [1.29, 1.82) is 0 Å². The van der Waals surface area contributed by atoms with Crippen molar-refractivity contribution in [1.82, 2.24) is 9.55 Å². The van der Waals surface area contributed by atoms with Crippen LogP contribution in [0.15, 0.2) is 24.5 Å². The van der Waals surface area contributed by atoms with Crippen molar-refractivity contribution in [3.05, 3.63) is 30.1 Å². The van der Waals surface area contributed by atoms with E-state index in [1.165, 1.54) is 6.07 Å². The highest BCUT2D eigenvalue weighted by Gasteiger charge is 2.11. The highest BCUT2D eigenvalue weighted by molar-refractivity contribution is 6.00. The van der Waals surface area contributed by atoms with Gasteiger partial charge >= 0.3 is 5.97 Å². The molecule has 0 amide bonds. The first kappa shape index (κ1) is 12.5. The summed E-state index contributed by atoms with van der Waals surface area (Å²) in [5, 5.41) is 17.6. The lowest BCUT2D eigenvalue weighted by Gasteiger charge is -2.05. The van der Waals surface area contributed by atoms with Gasteiger partial charge in [0.25, 0.3) is 0 Å². The zero-order chi connectivity index (χ0) is 13.0. The Hall–Kier alpha value is -1.92. The normalized spacial score (nSPS) is 10.9. The van der Waals surface area contributed by atoms with Crippen molar-refractivity contribution in [2.75, 3.05) is 19.8 Å². The molecule has 0 aliphatic carbocycles. The summed E-state index contributed by atoms with van der Waals surface area (Å²) in [4.78, 5) is 15.1. The molecule has 0 spiro atoms. The Bertz CT molecular complexity index is 550. The highest BCUT2D eigenvalue weighted by atomic mass is 16.5. The standard InChI is InChI=1S/C12H14N2O4/c15-5-7-18-6-4-14-8-13-11-9(12(16)17)2-1-3-10(11)14/h1-3,8,15H,4-7H2,(H,16,17). The molecule has 6 heteroatoms. The van der Waals surface area contributed by atoms with Gasteiger partial charge in [0.2, 0.25) is 0 Å². The molecule has 96 valence electrons. The van der Waals surface area contributed by atoms with E-state index in [9.17, 15) is 4.79 Å². The summed E-state index contributed by atoms with van der Waals surface area (Å²) in [6.07, 6.45) is 1.60. The smallest absolute Gasteiger partial charge is 0.337 e. The summed E-state index contributed by atoms with van der Waals surface area (Å²) >= 11 is 0. The van der Waals surface area contributed by atoms with Gasteiger partial charge in [-0.25, -0.2) is 9.78 Å². The van der Waals surface area contributed by atoms with Gasteiger partial charge in [-0.05, 0) is 12.1 Å². The third-order valence-electron chi connectivity index (χ3n) is 2.59. The van der Waals surface area contributed by atoms with E-state index < -0.39 is 5.97 Å². The molecule has 0 fully saturated rings. The SMILES string of the molecule is O=C(O)c1cccc2c1ncn2CCOCCO. The van der Waals surface area contributed by atoms with Gasteiger partial charge in [-0.3, -0.25) is 0 Å². The van der Waals surface area contributed by atoms with Crippen LogP contribution in [0.3, 0.4) is 0 Å². The molecular weight excluding hydrogens is 236 g/mol. The van der Waals surface area contributed by atoms with E-state index in [-0.39, 0.29) is 12.2 Å². The lowest BCUT2D eigenvalue weighted by atomic mass is 10.2. The Balaban J connectivity index is 2.20. The van der Waals surface area contributed by atoms with Crippen molar-refractivity contribution >= 4 is 17.0 Å². The van der Waals surface area contributed by atoms with Crippen molar-refractivity contribution in [3.63, 3.8) is 0 Å². The second kappa shape index (κ2) is 5.61. The molecule has 0 bridgehead atoms. The summed E-state index contributed by atoms with van der Waals surface area (Å²) < 4.78 is 7.00. The first-order valence-electron chi connectivity index (χ1n) is 5.60. The molecule has 0 aliphatic heterocycles. The third kappa shape index (κ3) is 2.49. The summed E-state index contributed by atoms with van der Waals surface area (Å²) in [5.41, 5.74) is 1.44. The molecular formula is C12H14N2O4. The van der Waals surface area contributed by atoms with E-state index in [0.717, 1.165) is 5.52 Å². The maximum Gasteiger partial charge on any atom is 0.337 e. The van der Waals surface area contributed by atoms with Crippen LogP contribution in [0.25, 0.3) is 11.0 Å². The number of para-hydroxylation sites is 1. The molecule has 0 saturated heterocycles. The minimum Gasteiger partial charge on any atom is -0.478 e. The fourth-order valence-corrected chi connectivity index (χ4v) is 1.77. The number of aliphatic hydroxyl groups is 1. The average Bonchev–Trinajstić information content (AvgIpc) is 2.77. The van der Waals surface area contributed by atoms with Crippen LogP contribution in [0.2, 0.25) is 0 Å². The van der Waals surface area contributed by atoms with Crippen LogP contribution in [-0.4, -0.2) is 45.6 Å². The average molecular weight is 250 g/mol. The number of aromatic carboxylic acids is 1. The molecule has 2 N–H and O–H groups in total. The maximum atomic E-state index is 11.0. The van der Waals surface area contributed by atoms with E-state index in [0.29, 0.717) is 25.3 Å². The number of carbonyl (C=O) groups is 1. The van der Waals surface area contributed by atoms with Gasteiger partial charge in [-0.2, -0.15) is 0 Å². The van der Waals surface area contributed by atoms with Crippen molar-refractivity contribution in [2.45, 2.75) is 6.54 Å². The van der Waals surface area contributed by atoms with E-state index in [2.05, 4.69) is 4.98 Å². The van der Waals surface area contributed by atoms with Crippen LogP contribution < -0.4 is 0 Å². The number of ether oxygens (including phenoxy) is 1. The number of carboxylic acids is 1.